The molecule has 29 heavy (non-hydrogen) atoms. The lowest BCUT2D eigenvalue weighted by molar-refractivity contribution is 0.0809. The van der Waals surface area contributed by atoms with Crippen LogP contribution in [0.3, 0.4) is 0 Å². The van der Waals surface area contributed by atoms with E-state index in [0.29, 0.717) is 11.3 Å². The van der Waals surface area contributed by atoms with E-state index in [2.05, 4.69) is 37.8 Å². The van der Waals surface area contributed by atoms with Crippen LogP contribution < -0.4 is 4.90 Å². The molecule has 2 aromatic rings. The molecular weight excluding hydrogens is 410 g/mol. The molecule has 9 heteroatoms. The predicted molar refractivity (Wildman–Crippen MR) is 118 cm³/mol. The number of ether oxygens (including phenoxy) is 2. The molecule has 0 N–H and O–H groups in total. The summed E-state index contributed by atoms with van der Waals surface area (Å²) in [6, 6.07) is 2.78. The van der Waals surface area contributed by atoms with Crippen molar-refractivity contribution in [2.45, 2.75) is 25.4 Å². The van der Waals surface area contributed by atoms with Gasteiger partial charge in [0, 0.05) is 44.2 Å². The van der Waals surface area contributed by atoms with E-state index in [0.717, 1.165) is 75.1 Å². The van der Waals surface area contributed by atoms with Crippen LogP contribution in [0.4, 0.5) is 5.82 Å². The van der Waals surface area contributed by atoms with Gasteiger partial charge >= 0.3 is 0 Å². The Morgan fingerprint density at radius 1 is 1.24 bits per heavy atom. The molecule has 0 atom stereocenters. The molecule has 160 valence electrons. The van der Waals surface area contributed by atoms with E-state index in [1.807, 2.05) is 0 Å². The first kappa shape index (κ1) is 21.2. The van der Waals surface area contributed by atoms with E-state index in [9.17, 15) is 0 Å². The van der Waals surface area contributed by atoms with Gasteiger partial charge in [0.05, 0.1) is 30.0 Å². The summed E-state index contributed by atoms with van der Waals surface area (Å²) in [6.07, 6.45) is 2.41. The molecule has 0 aromatic carbocycles. The molecule has 2 aliphatic heterocycles. The molecule has 4 heterocycles. The number of nitrogens with zero attached hydrogens (tertiary/aromatic N) is 5. The molecular formula is C20H30ClN5O2S. The third-order valence-electron chi connectivity index (χ3n) is 5.83. The van der Waals surface area contributed by atoms with Crippen LogP contribution in [0.25, 0.3) is 10.2 Å². The van der Waals surface area contributed by atoms with Gasteiger partial charge in [-0.05, 0) is 50.6 Å². The van der Waals surface area contributed by atoms with Gasteiger partial charge in [-0.25, -0.2) is 4.98 Å². The summed E-state index contributed by atoms with van der Waals surface area (Å²) in [4.78, 5) is 17.6. The lowest BCUT2D eigenvalue weighted by Crippen LogP contribution is -2.44. The average Bonchev–Trinajstić information content (AvgIpc) is 3.14. The number of fused-ring (bicyclic) bond motifs is 1. The highest BCUT2D eigenvalue weighted by Gasteiger charge is 2.25. The second-order valence-corrected chi connectivity index (χ2v) is 9.32. The highest BCUT2D eigenvalue weighted by molar-refractivity contribution is 7.19. The highest BCUT2D eigenvalue weighted by atomic mass is 35.5. The Bertz CT molecular complexity index is 806. The van der Waals surface area contributed by atoms with E-state index in [1.165, 1.54) is 17.7 Å². The Hall–Kier alpha value is -1.03. The lowest BCUT2D eigenvalue weighted by Gasteiger charge is -2.37. The summed E-state index contributed by atoms with van der Waals surface area (Å²) in [5.41, 5.74) is 0.946. The third-order valence-corrected chi connectivity index (χ3v) is 7.11. The van der Waals surface area contributed by atoms with E-state index in [4.69, 9.17) is 21.1 Å². The van der Waals surface area contributed by atoms with Crippen LogP contribution in [0, 0.1) is 0 Å². The Morgan fingerprint density at radius 3 is 2.72 bits per heavy atom. The summed E-state index contributed by atoms with van der Waals surface area (Å²) < 4.78 is 12.0. The maximum Gasteiger partial charge on any atom is 0.224 e. The van der Waals surface area contributed by atoms with Gasteiger partial charge in [0.15, 0.2) is 5.82 Å². The molecule has 0 unspecified atom stereocenters. The third kappa shape index (κ3) is 5.18. The molecule has 0 saturated carbocycles. The van der Waals surface area contributed by atoms with Crippen LogP contribution in [0.15, 0.2) is 6.07 Å². The zero-order valence-electron chi connectivity index (χ0n) is 17.3. The largest absolute Gasteiger partial charge is 0.383 e. The smallest absolute Gasteiger partial charge is 0.224 e. The van der Waals surface area contributed by atoms with Crippen molar-refractivity contribution in [3.63, 3.8) is 0 Å². The number of rotatable bonds is 7. The first-order valence-electron chi connectivity index (χ1n) is 10.3. The second kappa shape index (κ2) is 9.85. The standard InChI is InChI=1S/C20H30ClN5O2S/c1-24-5-3-15(4-6-24)26(7-10-27-2)14-16-13-17-18(29-16)19(23-20(21)22-17)25-8-11-28-12-9-25/h13,15H,3-12,14H2,1-2H3. The fourth-order valence-corrected chi connectivity index (χ4v) is 5.47. The summed E-state index contributed by atoms with van der Waals surface area (Å²) in [7, 11) is 3.98. The first-order chi connectivity index (χ1) is 14.1. The van der Waals surface area contributed by atoms with Crippen LogP contribution in [0.1, 0.15) is 17.7 Å². The SMILES string of the molecule is COCCN(Cc1cc2nc(Cl)nc(N3CCOCC3)c2s1)C1CCN(C)CC1. The molecule has 0 spiro atoms. The molecule has 2 aliphatic rings. The number of hydrogen-bond acceptors (Lipinski definition) is 8. The normalized spacial score (nSPS) is 19.5. The zero-order chi connectivity index (χ0) is 20.2. The molecule has 4 rings (SSSR count). The van der Waals surface area contributed by atoms with Crippen molar-refractivity contribution in [2.75, 3.05) is 71.6 Å². The van der Waals surface area contributed by atoms with Crippen LogP contribution in [-0.4, -0.2) is 92.5 Å². The van der Waals surface area contributed by atoms with Gasteiger partial charge < -0.3 is 19.3 Å². The van der Waals surface area contributed by atoms with Crippen LogP contribution in [-0.2, 0) is 16.0 Å². The van der Waals surface area contributed by atoms with Gasteiger partial charge in [-0.15, -0.1) is 11.3 Å². The van der Waals surface area contributed by atoms with Crippen molar-refractivity contribution in [3.05, 3.63) is 16.2 Å². The average molecular weight is 440 g/mol. The number of hydrogen-bond donors (Lipinski definition) is 0. The van der Waals surface area contributed by atoms with E-state index in [-0.39, 0.29) is 0 Å². The number of methoxy groups -OCH3 is 1. The number of anilines is 1. The van der Waals surface area contributed by atoms with Crippen LogP contribution >= 0.6 is 22.9 Å². The topological polar surface area (TPSA) is 54.0 Å². The van der Waals surface area contributed by atoms with Crippen molar-refractivity contribution < 1.29 is 9.47 Å². The molecule has 7 nitrogen and oxygen atoms in total. The molecule has 0 bridgehead atoms. The number of morpholine rings is 1. The number of likely N-dealkylation sites (tertiary alicyclic amines) is 1. The summed E-state index contributed by atoms with van der Waals surface area (Å²) >= 11 is 8.05. The quantitative estimate of drug-likeness (QED) is 0.615. The Morgan fingerprint density at radius 2 is 2.00 bits per heavy atom. The minimum Gasteiger partial charge on any atom is -0.383 e. The number of aromatic nitrogens is 2. The van der Waals surface area contributed by atoms with Crippen molar-refractivity contribution >= 4 is 39.0 Å². The molecule has 2 fully saturated rings. The van der Waals surface area contributed by atoms with Crippen molar-refractivity contribution in [1.82, 2.24) is 19.8 Å². The maximum atomic E-state index is 6.25. The minimum atomic E-state index is 0.315. The molecule has 2 aromatic heterocycles. The fourth-order valence-electron chi connectivity index (χ4n) is 4.16. The predicted octanol–water partition coefficient (Wildman–Crippen LogP) is 2.72. The molecule has 0 amide bonds. The van der Waals surface area contributed by atoms with E-state index >= 15 is 0 Å². The van der Waals surface area contributed by atoms with Gasteiger partial charge in [-0.3, -0.25) is 4.90 Å². The molecule has 0 radical (unpaired) electrons. The second-order valence-electron chi connectivity index (χ2n) is 7.84. The highest BCUT2D eigenvalue weighted by Crippen LogP contribution is 2.34. The zero-order valence-corrected chi connectivity index (χ0v) is 18.8. The van der Waals surface area contributed by atoms with Gasteiger partial charge in [0.25, 0.3) is 0 Å². The number of piperidine rings is 1. The van der Waals surface area contributed by atoms with Gasteiger partial charge in [0.1, 0.15) is 0 Å². The maximum absolute atomic E-state index is 6.25. The van der Waals surface area contributed by atoms with E-state index < -0.39 is 0 Å². The summed E-state index contributed by atoms with van der Waals surface area (Å²) in [5.74, 6) is 0.947. The fraction of sp³-hybridized carbons (Fsp3) is 0.700. The Balaban J connectivity index is 1.57. The number of halogens is 1. The van der Waals surface area contributed by atoms with Gasteiger partial charge in [-0.1, -0.05) is 0 Å². The summed E-state index contributed by atoms with van der Waals surface area (Å²) in [5, 5.41) is 0.315. The van der Waals surface area contributed by atoms with Gasteiger partial charge in [-0.2, -0.15) is 4.98 Å². The molecule has 2 saturated heterocycles. The monoisotopic (exact) mass is 439 g/mol. The van der Waals surface area contributed by atoms with Gasteiger partial charge in [0.2, 0.25) is 5.28 Å². The summed E-state index contributed by atoms with van der Waals surface area (Å²) in [6.45, 7) is 8.05. The lowest BCUT2D eigenvalue weighted by atomic mass is 10.0. The molecule has 0 aliphatic carbocycles. The van der Waals surface area contributed by atoms with Crippen molar-refractivity contribution in [3.8, 4) is 0 Å². The Labute approximate surface area is 181 Å². The van der Waals surface area contributed by atoms with Crippen molar-refractivity contribution in [2.24, 2.45) is 0 Å². The number of thiophene rings is 1. The Kier molecular flexibility index (Phi) is 7.21. The first-order valence-corrected chi connectivity index (χ1v) is 11.5. The minimum absolute atomic E-state index is 0.315. The van der Waals surface area contributed by atoms with E-state index in [1.54, 1.807) is 18.4 Å². The van der Waals surface area contributed by atoms with Crippen LogP contribution in [0.2, 0.25) is 5.28 Å². The van der Waals surface area contributed by atoms with Crippen LogP contribution in [0.5, 0.6) is 0 Å². The van der Waals surface area contributed by atoms with Crippen molar-refractivity contribution in [1.29, 1.82) is 0 Å².